The first-order chi connectivity index (χ1) is 8.22. The van der Waals surface area contributed by atoms with Crippen LogP contribution in [0.1, 0.15) is 26.2 Å². The van der Waals surface area contributed by atoms with Crippen molar-refractivity contribution >= 4 is 11.4 Å². The first-order valence-corrected chi connectivity index (χ1v) is 6.42. The minimum absolute atomic E-state index is 0.774. The fourth-order valence-electron chi connectivity index (χ4n) is 2.11. The van der Waals surface area contributed by atoms with Crippen molar-refractivity contribution in [3.63, 3.8) is 0 Å². The molecule has 0 radical (unpaired) electrons. The molecule has 0 bridgehead atoms. The molecule has 1 aromatic rings. The number of nitrogens with two attached hydrogens (primary N) is 1. The molecule has 0 aromatic heterocycles. The topological polar surface area (TPSA) is 38.5 Å². The number of ether oxygens (including phenoxy) is 1. The van der Waals surface area contributed by atoms with Gasteiger partial charge in [0, 0.05) is 36.6 Å². The van der Waals surface area contributed by atoms with Gasteiger partial charge in [0.2, 0.25) is 0 Å². The number of hydrogen-bond donors (Lipinski definition) is 1. The van der Waals surface area contributed by atoms with Crippen LogP contribution in [-0.2, 0) is 0 Å². The minimum Gasteiger partial charge on any atom is -0.497 e. The van der Waals surface area contributed by atoms with Gasteiger partial charge in [0.05, 0.1) is 7.11 Å². The van der Waals surface area contributed by atoms with E-state index in [0.717, 1.165) is 36.9 Å². The summed E-state index contributed by atoms with van der Waals surface area (Å²) in [7, 11) is 1.68. The number of rotatable bonds is 6. The van der Waals surface area contributed by atoms with Crippen molar-refractivity contribution in [2.45, 2.75) is 26.2 Å². The molecule has 94 valence electrons. The zero-order chi connectivity index (χ0) is 12.3. The molecular weight excluding hydrogens is 212 g/mol. The van der Waals surface area contributed by atoms with Crippen molar-refractivity contribution in [3.05, 3.63) is 18.2 Å². The van der Waals surface area contributed by atoms with Gasteiger partial charge in [-0.15, -0.1) is 0 Å². The van der Waals surface area contributed by atoms with Crippen molar-refractivity contribution in [1.29, 1.82) is 0 Å². The highest BCUT2D eigenvalue weighted by atomic mass is 16.5. The predicted molar refractivity (Wildman–Crippen MR) is 72.6 cm³/mol. The summed E-state index contributed by atoms with van der Waals surface area (Å²) in [5, 5.41) is 0. The van der Waals surface area contributed by atoms with Gasteiger partial charge in [-0.05, 0) is 31.2 Å². The molecule has 0 spiro atoms. The number of methoxy groups -OCH3 is 1. The fraction of sp³-hybridized carbons (Fsp3) is 0.571. The highest BCUT2D eigenvalue weighted by molar-refractivity contribution is 5.60. The summed E-state index contributed by atoms with van der Waals surface area (Å²) >= 11 is 0. The van der Waals surface area contributed by atoms with Crippen LogP contribution in [0.3, 0.4) is 0 Å². The molecule has 0 amide bonds. The van der Waals surface area contributed by atoms with E-state index < -0.39 is 0 Å². The van der Waals surface area contributed by atoms with Crippen LogP contribution in [0.15, 0.2) is 18.2 Å². The van der Waals surface area contributed by atoms with Gasteiger partial charge in [-0.25, -0.2) is 0 Å². The van der Waals surface area contributed by atoms with Crippen molar-refractivity contribution in [1.82, 2.24) is 0 Å². The van der Waals surface area contributed by atoms with E-state index in [1.807, 2.05) is 12.1 Å². The van der Waals surface area contributed by atoms with E-state index in [9.17, 15) is 0 Å². The Kier molecular flexibility index (Phi) is 3.77. The Morgan fingerprint density at radius 3 is 2.71 bits per heavy atom. The molecule has 0 heterocycles. The lowest BCUT2D eigenvalue weighted by atomic mass is 10.2. The Morgan fingerprint density at radius 1 is 1.35 bits per heavy atom. The van der Waals surface area contributed by atoms with Crippen LogP contribution >= 0.6 is 0 Å². The van der Waals surface area contributed by atoms with Gasteiger partial charge in [0.15, 0.2) is 0 Å². The summed E-state index contributed by atoms with van der Waals surface area (Å²) in [6.45, 7) is 4.45. The van der Waals surface area contributed by atoms with E-state index in [1.54, 1.807) is 7.11 Å². The third-order valence-corrected chi connectivity index (χ3v) is 3.18. The highest BCUT2D eigenvalue weighted by Crippen LogP contribution is 2.33. The number of benzene rings is 1. The summed E-state index contributed by atoms with van der Waals surface area (Å²) in [5.74, 6) is 1.73. The van der Waals surface area contributed by atoms with Crippen LogP contribution < -0.4 is 15.4 Å². The molecule has 1 aromatic carbocycles. The van der Waals surface area contributed by atoms with Crippen molar-refractivity contribution in [3.8, 4) is 5.75 Å². The number of anilines is 2. The van der Waals surface area contributed by atoms with Gasteiger partial charge >= 0.3 is 0 Å². The second kappa shape index (κ2) is 5.30. The maximum atomic E-state index is 5.91. The Bertz CT molecular complexity index is 374. The maximum absolute atomic E-state index is 5.91. The average molecular weight is 234 g/mol. The van der Waals surface area contributed by atoms with E-state index >= 15 is 0 Å². The van der Waals surface area contributed by atoms with Crippen LogP contribution in [0, 0.1) is 5.92 Å². The molecule has 0 aliphatic heterocycles. The monoisotopic (exact) mass is 234 g/mol. The van der Waals surface area contributed by atoms with Gasteiger partial charge in [-0.2, -0.15) is 0 Å². The molecule has 0 unspecified atom stereocenters. The van der Waals surface area contributed by atoms with Crippen LogP contribution in [0.4, 0.5) is 11.4 Å². The Balaban J connectivity index is 2.17. The molecule has 2 N–H and O–H groups in total. The summed E-state index contributed by atoms with van der Waals surface area (Å²) in [5.41, 5.74) is 7.87. The molecule has 2 rings (SSSR count). The lowest BCUT2D eigenvalue weighted by molar-refractivity contribution is 0.415. The lowest BCUT2D eigenvalue weighted by Crippen LogP contribution is -2.26. The van der Waals surface area contributed by atoms with Crippen LogP contribution in [0.5, 0.6) is 5.75 Å². The normalized spacial score (nSPS) is 14.7. The van der Waals surface area contributed by atoms with Crippen LogP contribution in [0.25, 0.3) is 0 Å². The number of nitrogen functional groups attached to an aromatic ring is 1. The summed E-state index contributed by atoms with van der Waals surface area (Å²) in [4.78, 5) is 2.43. The standard InChI is InChI=1S/C14H22N2O/c1-3-6-16(10-11-4-5-11)13-7-12(15)8-14(9-13)17-2/h7-9,11H,3-6,10,15H2,1-2H3. The Labute approximate surface area is 104 Å². The predicted octanol–water partition coefficient (Wildman–Crippen LogP) is 2.90. The Hall–Kier alpha value is -1.38. The highest BCUT2D eigenvalue weighted by Gasteiger charge is 2.24. The zero-order valence-corrected chi connectivity index (χ0v) is 10.8. The van der Waals surface area contributed by atoms with Crippen LogP contribution in [-0.4, -0.2) is 20.2 Å². The first kappa shape index (κ1) is 12.1. The first-order valence-electron chi connectivity index (χ1n) is 6.42. The third kappa shape index (κ3) is 3.29. The molecule has 0 saturated heterocycles. The summed E-state index contributed by atoms with van der Waals surface area (Å²) < 4.78 is 5.28. The second-order valence-electron chi connectivity index (χ2n) is 4.85. The second-order valence-corrected chi connectivity index (χ2v) is 4.85. The van der Waals surface area contributed by atoms with Crippen molar-refractivity contribution in [2.75, 3.05) is 30.8 Å². The molecule has 3 nitrogen and oxygen atoms in total. The Morgan fingerprint density at radius 2 is 2.12 bits per heavy atom. The largest absolute Gasteiger partial charge is 0.497 e. The molecule has 1 aliphatic rings. The fourth-order valence-corrected chi connectivity index (χ4v) is 2.11. The maximum Gasteiger partial charge on any atom is 0.122 e. The van der Waals surface area contributed by atoms with Crippen LogP contribution in [0.2, 0.25) is 0 Å². The van der Waals surface area contributed by atoms with Crippen molar-refractivity contribution in [2.24, 2.45) is 5.92 Å². The van der Waals surface area contributed by atoms with Gasteiger partial charge < -0.3 is 15.4 Å². The third-order valence-electron chi connectivity index (χ3n) is 3.18. The minimum atomic E-state index is 0.774. The SMILES string of the molecule is CCCN(CC1CC1)c1cc(N)cc(OC)c1. The molecule has 0 atom stereocenters. The summed E-state index contributed by atoms with van der Waals surface area (Å²) in [6, 6.07) is 5.99. The van der Waals surface area contributed by atoms with Gasteiger partial charge in [-0.3, -0.25) is 0 Å². The van der Waals surface area contributed by atoms with E-state index in [-0.39, 0.29) is 0 Å². The van der Waals surface area contributed by atoms with Gasteiger partial charge in [-0.1, -0.05) is 6.92 Å². The zero-order valence-electron chi connectivity index (χ0n) is 10.8. The molecule has 1 aliphatic carbocycles. The van der Waals surface area contributed by atoms with E-state index in [0.29, 0.717) is 0 Å². The van der Waals surface area contributed by atoms with Gasteiger partial charge in [0.1, 0.15) is 5.75 Å². The summed E-state index contributed by atoms with van der Waals surface area (Å²) in [6.07, 6.45) is 3.91. The molecular formula is C14H22N2O. The van der Waals surface area contributed by atoms with Gasteiger partial charge in [0.25, 0.3) is 0 Å². The molecule has 1 fully saturated rings. The lowest BCUT2D eigenvalue weighted by Gasteiger charge is -2.25. The number of nitrogens with zero attached hydrogens (tertiary/aromatic N) is 1. The van der Waals surface area contributed by atoms with E-state index in [2.05, 4.69) is 17.9 Å². The van der Waals surface area contributed by atoms with Crippen molar-refractivity contribution < 1.29 is 4.74 Å². The number of hydrogen-bond acceptors (Lipinski definition) is 3. The average Bonchev–Trinajstić information content (AvgIpc) is 3.11. The molecule has 3 heteroatoms. The molecule has 1 saturated carbocycles. The van der Waals surface area contributed by atoms with E-state index in [1.165, 1.54) is 18.5 Å². The van der Waals surface area contributed by atoms with E-state index in [4.69, 9.17) is 10.5 Å². The molecule has 17 heavy (non-hydrogen) atoms. The quantitative estimate of drug-likeness (QED) is 0.769. The smallest absolute Gasteiger partial charge is 0.122 e.